The highest BCUT2D eigenvalue weighted by atomic mass is 16.6. The van der Waals surface area contributed by atoms with Crippen molar-refractivity contribution < 1.29 is 24.5 Å². The molecule has 1 unspecified atom stereocenters. The molecule has 0 spiro atoms. The molecule has 5 heteroatoms. The first kappa shape index (κ1) is 14.5. The highest BCUT2D eigenvalue weighted by Gasteiger charge is 2.47. The molecule has 108 valence electrons. The molecule has 19 heavy (non-hydrogen) atoms. The Balaban J connectivity index is 1.91. The molecule has 2 rings (SSSR count). The fourth-order valence-electron chi connectivity index (χ4n) is 2.73. The highest BCUT2D eigenvalue weighted by molar-refractivity contribution is 5.78. The first-order chi connectivity index (χ1) is 9.13. The zero-order chi connectivity index (χ0) is 13.8. The number of carbonyl (C=O) groups is 1. The van der Waals surface area contributed by atoms with Crippen molar-refractivity contribution in [2.24, 2.45) is 5.92 Å². The van der Waals surface area contributed by atoms with E-state index >= 15 is 0 Å². The molecule has 1 aliphatic heterocycles. The van der Waals surface area contributed by atoms with Crippen LogP contribution < -0.4 is 0 Å². The van der Waals surface area contributed by atoms with Gasteiger partial charge in [-0.3, -0.25) is 0 Å². The lowest BCUT2D eigenvalue weighted by Crippen LogP contribution is -2.39. The molecule has 0 aromatic carbocycles. The third-order valence-corrected chi connectivity index (χ3v) is 3.79. The summed E-state index contributed by atoms with van der Waals surface area (Å²) in [5.41, 5.74) is 0. The summed E-state index contributed by atoms with van der Waals surface area (Å²) >= 11 is 0. The van der Waals surface area contributed by atoms with Crippen LogP contribution in [0.1, 0.15) is 32.6 Å². The molecule has 4 atom stereocenters. The van der Waals surface area contributed by atoms with Gasteiger partial charge in [-0.2, -0.15) is 0 Å². The number of cyclic esters (lactones) is 1. The molecule has 2 aliphatic rings. The lowest BCUT2D eigenvalue weighted by molar-refractivity contribution is -0.151. The minimum absolute atomic E-state index is 0.317. The number of hydrogen-bond donors (Lipinski definition) is 2. The van der Waals surface area contributed by atoms with Crippen LogP contribution in [0.3, 0.4) is 0 Å². The highest BCUT2D eigenvalue weighted by Crippen LogP contribution is 2.27. The van der Waals surface area contributed by atoms with E-state index in [9.17, 15) is 15.0 Å². The lowest BCUT2D eigenvalue weighted by atomic mass is 10.0. The van der Waals surface area contributed by atoms with Gasteiger partial charge in [0.1, 0.15) is 12.2 Å². The molecule has 5 nitrogen and oxygen atoms in total. The molecular weight excluding hydrogens is 248 g/mol. The zero-order valence-corrected chi connectivity index (χ0v) is 11.2. The van der Waals surface area contributed by atoms with E-state index in [4.69, 9.17) is 9.47 Å². The molecule has 0 bridgehead atoms. The van der Waals surface area contributed by atoms with Crippen molar-refractivity contribution >= 4 is 5.97 Å². The quantitative estimate of drug-likeness (QED) is 0.570. The van der Waals surface area contributed by atoms with E-state index in [1.807, 2.05) is 6.08 Å². The van der Waals surface area contributed by atoms with Gasteiger partial charge in [0.05, 0.1) is 0 Å². The van der Waals surface area contributed by atoms with Crippen molar-refractivity contribution in [2.45, 2.75) is 57.0 Å². The van der Waals surface area contributed by atoms with E-state index in [0.29, 0.717) is 12.5 Å². The van der Waals surface area contributed by atoms with Gasteiger partial charge >= 0.3 is 5.97 Å². The summed E-state index contributed by atoms with van der Waals surface area (Å²) in [5, 5.41) is 20.0. The number of hydrogen-bond acceptors (Lipinski definition) is 5. The standard InChI is InChI=1S/C14H22O5/c1-2-18-13-11(16)12(19-14(13)17)10(15)8-7-9-5-3-4-6-9/h7-13,15-16H,2-6H2,1H3/t10-,11?,12+,13-/m1/s1. The normalized spacial score (nSPS) is 34.1. The van der Waals surface area contributed by atoms with Crippen LogP contribution in [0.2, 0.25) is 0 Å². The molecule has 0 aromatic heterocycles. The fraction of sp³-hybridized carbons (Fsp3) is 0.786. The van der Waals surface area contributed by atoms with E-state index in [-0.39, 0.29) is 0 Å². The topological polar surface area (TPSA) is 76.0 Å². The van der Waals surface area contributed by atoms with Gasteiger partial charge in [0, 0.05) is 6.61 Å². The average molecular weight is 270 g/mol. The summed E-state index contributed by atoms with van der Waals surface area (Å²) in [7, 11) is 0. The van der Waals surface area contributed by atoms with Crippen LogP contribution >= 0.6 is 0 Å². The maximum atomic E-state index is 11.5. The van der Waals surface area contributed by atoms with Crippen molar-refractivity contribution in [1.82, 2.24) is 0 Å². The zero-order valence-electron chi connectivity index (χ0n) is 11.2. The van der Waals surface area contributed by atoms with Gasteiger partial charge in [0.2, 0.25) is 0 Å². The van der Waals surface area contributed by atoms with Crippen LogP contribution in [0.4, 0.5) is 0 Å². The number of aliphatic hydroxyl groups is 2. The number of esters is 1. The second kappa shape index (κ2) is 6.50. The Morgan fingerprint density at radius 3 is 2.79 bits per heavy atom. The van der Waals surface area contributed by atoms with E-state index in [2.05, 4.69) is 0 Å². The largest absolute Gasteiger partial charge is 0.454 e. The van der Waals surface area contributed by atoms with Gasteiger partial charge in [0.25, 0.3) is 0 Å². The van der Waals surface area contributed by atoms with Crippen LogP contribution in [0, 0.1) is 5.92 Å². The summed E-state index contributed by atoms with van der Waals surface area (Å²) in [4.78, 5) is 11.5. The minimum atomic E-state index is -1.12. The van der Waals surface area contributed by atoms with Crippen molar-refractivity contribution in [2.75, 3.05) is 6.61 Å². The predicted octanol–water partition coefficient (Wildman–Crippen LogP) is 0.785. The third kappa shape index (κ3) is 3.35. The Hall–Kier alpha value is -0.910. The number of aliphatic hydroxyl groups excluding tert-OH is 2. The van der Waals surface area contributed by atoms with Crippen LogP contribution in [0.5, 0.6) is 0 Å². The Bertz CT molecular complexity index is 335. The summed E-state index contributed by atoms with van der Waals surface area (Å²) in [6.07, 6.45) is 4.30. The average Bonchev–Trinajstić information content (AvgIpc) is 2.99. The first-order valence-electron chi connectivity index (χ1n) is 7.00. The van der Waals surface area contributed by atoms with E-state index < -0.39 is 30.4 Å². The Morgan fingerprint density at radius 2 is 2.16 bits per heavy atom. The number of ether oxygens (including phenoxy) is 2. The predicted molar refractivity (Wildman–Crippen MR) is 68.4 cm³/mol. The maximum Gasteiger partial charge on any atom is 0.338 e. The number of allylic oxidation sites excluding steroid dienone is 1. The smallest absolute Gasteiger partial charge is 0.338 e. The molecule has 1 saturated heterocycles. The van der Waals surface area contributed by atoms with Crippen molar-refractivity contribution in [3.8, 4) is 0 Å². The monoisotopic (exact) mass is 270 g/mol. The van der Waals surface area contributed by atoms with Gasteiger partial charge in [-0.05, 0) is 25.7 Å². The van der Waals surface area contributed by atoms with Crippen molar-refractivity contribution in [3.63, 3.8) is 0 Å². The Kier molecular flexibility index (Phi) is 4.96. The van der Waals surface area contributed by atoms with Crippen LogP contribution in [0.25, 0.3) is 0 Å². The molecule has 0 radical (unpaired) electrons. The molecule has 2 N–H and O–H groups in total. The summed E-state index contributed by atoms with van der Waals surface area (Å²) in [5.74, 6) is -0.112. The molecule has 1 heterocycles. The van der Waals surface area contributed by atoms with E-state index in [0.717, 1.165) is 12.8 Å². The molecule has 0 amide bonds. The number of rotatable bonds is 5. The van der Waals surface area contributed by atoms with Gasteiger partial charge in [-0.25, -0.2) is 4.79 Å². The van der Waals surface area contributed by atoms with E-state index in [1.54, 1.807) is 13.0 Å². The van der Waals surface area contributed by atoms with Gasteiger partial charge in [-0.15, -0.1) is 0 Å². The third-order valence-electron chi connectivity index (χ3n) is 3.79. The molecule has 2 fully saturated rings. The van der Waals surface area contributed by atoms with Crippen LogP contribution in [0.15, 0.2) is 12.2 Å². The number of carbonyl (C=O) groups excluding carboxylic acids is 1. The fourth-order valence-corrected chi connectivity index (χ4v) is 2.73. The summed E-state index contributed by atoms with van der Waals surface area (Å²) < 4.78 is 10.1. The molecule has 1 saturated carbocycles. The minimum Gasteiger partial charge on any atom is -0.454 e. The molecular formula is C14H22O5. The Morgan fingerprint density at radius 1 is 1.47 bits per heavy atom. The van der Waals surface area contributed by atoms with Gasteiger partial charge in [-0.1, -0.05) is 25.0 Å². The second-order valence-corrected chi connectivity index (χ2v) is 5.19. The van der Waals surface area contributed by atoms with Crippen LogP contribution in [-0.4, -0.2) is 47.2 Å². The second-order valence-electron chi connectivity index (χ2n) is 5.19. The van der Waals surface area contributed by atoms with Gasteiger partial charge in [0.15, 0.2) is 12.2 Å². The van der Waals surface area contributed by atoms with E-state index in [1.165, 1.54) is 12.8 Å². The lowest BCUT2D eigenvalue weighted by Gasteiger charge is -2.18. The molecule has 0 aromatic rings. The first-order valence-corrected chi connectivity index (χ1v) is 7.00. The Labute approximate surface area is 113 Å². The van der Waals surface area contributed by atoms with Crippen LogP contribution in [-0.2, 0) is 14.3 Å². The summed E-state index contributed by atoms with van der Waals surface area (Å²) in [6.45, 7) is 2.06. The maximum absolute atomic E-state index is 11.5. The molecule has 1 aliphatic carbocycles. The van der Waals surface area contributed by atoms with Crippen molar-refractivity contribution in [1.29, 1.82) is 0 Å². The summed E-state index contributed by atoms with van der Waals surface area (Å²) in [6, 6.07) is 0. The van der Waals surface area contributed by atoms with Crippen molar-refractivity contribution in [3.05, 3.63) is 12.2 Å². The SMILES string of the molecule is CCO[C@H]1C(=O)O[C@@H]([C@H](O)C=CC2CCCC2)C1O. The van der Waals surface area contributed by atoms with Gasteiger partial charge < -0.3 is 19.7 Å².